The molecule has 86 valence electrons. The average molecular weight is 261 g/mol. The molecule has 0 saturated carbocycles. The first-order valence-corrected chi connectivity index (χ1v) is 5.59. The molecule has 2 rings (SSSR count). The van der Waals surface area contributed by atoms with Crippen LogP contribution in [0.25, 0.3) is 0 Å². The average Bonchev–Trinajstić information content (AvgIpc) is 2.64. The highest BCUT2D eigenvalue weighted by Gasteiger charge is 2.30. The summed E-state index contributed by atoms with van der Waals surface area (Å²) >= 11 is 11.5. The first kappa shape index (κ1) is 11.6. The van der Waals surface area contributed by atoms with Crippen LogP contribution >= 0.6 is 23.2 Å². The van der Waals surface area contributed by atoms with Gasteiger partial charge < -0.3 is 10.0 Å². The maximum atomic E-state index is 11.7. The monoisotopic (exact) mass is 260 g/mol. The molecule has 1 aromatic rings. The van der Waals surface area contributed by atoms with Crippen molar-refractivity contribution in [1.29, 1.82) is 0 Å². The molecular weight excluding hydrogens is 251 g/mol. The lowest BCUT2D eigenvalue weighted by molar-refractivity contribution is -0.117. The van der Waals surface area contributed by atoms with E-state index in [1.54, 1.807) is 11.0 Å². The van der Waals surface area contributed by atoms with Gasteiger partial charge >= 0.3 is 0 Å². The number of hydrogen-bond donors (Lipinski definition) is 1. The summed E-state index contributed by atoms with van der Waals surface area (Å²) in [5.74, 6) is -0.0406. The van der Waals surface area contributed by atoms with Crippen molar-refractivity contribution in [2.45, 2.75) is 6.42 Å². The van der Waals surface area contributed by atoms with Gasteiger partial charge in [0.2, 0.25) is 5.91 Å². The summed E-state index contributed by atoms with van der Waals surface area (Å²) in [6, 6.07) is 1.61. The lowest BCUT2D eigenvalue weighted by atomic mass is 10.1. The van der Waals surface area contributed by atoms with E-state index < -0.39 is 0 Å². The van der Waals surface area contributed by atoms with Crippen molar-refractivity contribution in [3.8, 4) is 0 Å². The predicted octanol–water partition coefficient (Wildman–Crippen LogP) is 1.73. The van der Waals surface area contributed by atoms with Crippen molar-refractivity contribution >= 4 is 34.8 Å². The van der Waals surface area contributed by atoms with Gasteiger partial charge in [0.1, 0.15) is 5.15 Å². The Morgan fingerprint density at radius 3 is 2.88 bits per heavy atom. The third kappa shape index (κ3) is 2.14. The van der Waals surface area contributed by atoms with Crippen LogP contribution in [0.5, 0.6) is 0 Å². The lowest BCUT2D eigenvalue weighted by Crippen LogP contribution is -2.25. The van der Waals surface area contributed by atoms with Gasteiger partial charge in [0, 0.05) is 25.5 Å². The Hall–Kier alpha value is -0.840. The molecule has 1 aromatic heterocycles. The number of aromatic nitrogens is 1. The molecule has 1 fully saturated rings. The molecule has 16 heavy (non-hydrogen) atoms. The smallest absolute Gasteiger partial charge is 0.227 e. The van der Waals surface area contributed by atoms with Gasteiger partial charge in [-0.1, -0.05) is 23.2 Å². The summed E-state index contributed by atoms with van der Waals surface area (Å²) in [6.07, 6.45) is 1.86. The largest absolute Gasteiger partial charge is 0.396 e. The summed E-state index contributed by atoms with van der Waals surface area (Å²) in [4.78, 5) is 17.1. The van der Waals surface area contributed by atoms with E-state index in [4.69, 9.17) is 28.3 Å². The van der Waals surface area contributed by atoms with Gasteiger partial charge in [0.15, 0.2) is 0 Å². The van der Waals surface area contributed by atoms with Gasteiger partial charge in [0.05, 0.1) is 16.9 Å². The van der Waals surface area contributed by atoms with Crippen molar-refractivity contribution in [2.24, 2.45) is 5.92 Å². The summed E-state index contributed by atoms with van der Waals surface area (Å²) in [5, 5.41) is 9.54. The molecule has 1 unspecified atom stereocenters. The third-order valence-corrected chi connectivity index (χ3v) is 3.24. The first-order valence-electron chi connectivity index (χ1n) is 4.84. The number of nitrogens with zero attached hydrogens (tertiary/aromatic N) is 2. The fourth-order valence-corrected chi connectivity index (χ4v) is 1.98. The number of carbonyl (C=O) groups is 1. The number of amides is 1. The molecule has 0 bridgehead atoms. The van der Waals surface area contributed by atoms with Crippen LogP contribution in [0.2, 0.25) is 10.2 Å². The molecular formula is C10H10Cl2N2O2. The maximum Gasteiger partial charge on any atom is 0.227 e. The van der Waals surface area contributed by atoms with Gasteiger partial charge in [-0.25, -0.2) is 4.98 Å². The number of rotatable bonds is 2. The zero-order valence-corrected chi connectivity index (χ0v) is 9.87. The molecule has 6 heteroatoms. The number of hydrogen-bond acceptors (Lipinski definition) is 3. The summed E-state index contributed by atoms with van der Waals surface area (Å²) < 4.78 is 0. The number of anilines is 1. The van der Waals surface area contributed by atoms with Crippen LogP contribution in [-0.4, -0.2) is 29.1 Å². The van der Waals surface area contributed by atoms with E-state index in [9.17, 15) is 4.79 Å². The van der Waals surface area contributed by atoms with Gasteiger partial charge in [-0.05, 0) is 6.07 Å². The fraction of sp³-hybridized carbons (Fsp3) is 0.400. The zero-order chi connectivity index (χ0) is 11.7. The molecule has 1 saturated heterocycles. The van der Waals surface area contributed by atoms with E-state index in [2.05, 4.69) is 4.98 Å². The van der Waals surface area contributed by atoms with Gasteiger partial charge in [-0.2, -0.15) is 0 Å². The minimum atomic E-state index is -0.0285. The van der Waals surface area contributed by atoms with Crippen LogP contribution in [-0.2, 0) is 4.79 Å². The predicted molar refractivity (Wildman–Crippen MR) is 61.8 cm³/mol. The van der Waals surface area contributed by atoms with Gasteiger partial charge in [-0.3, -0.25) is 4.79 Å². The van der Waals surface area contributed by atoms with E-state index in [1.165, 1.54) is 6.20 Å². The Bertz CT molecular complexity index is 425. The molecule has 0 aromatic carbocycles. The van der Waals surface area contributed by atoms with Crippen LogP contribution in [0.3, 0.4) is 0 Å². The molecule has 1 N–H and O–H groups in total. The number of halogens is 2. The zero-order valence-electron chi connectivity index (χ0n) is 8.36. The number of aliphatic hydroxyl groups excluding tert-OH is 1. The highest BCUT2D eigenvalue weighted by Crippen LogP contribution is 2.28. The van der Waals surface area contributed by atoms with Crippen molar-refractivity contribution in [3.05, 3.63) is 22.4 Å². The number of pyridine rings is 1. The van der Waals surface area contributed by atoms with Crippen LogP contribution < -0.4 is 4.90 Å². The molecule has 0 aliphatic carbocycles. The SMILES string of the molecule is O=C1CC(CO)CN1c1cnc(Cl)c(Cl)c1. The van der Waals surface area contributed by atoms with Gasteiger partial charge in [-0.15, -0.1) is 0 Å². The quantitative estimate of drug-likeness (QED) is 0.825. The normalized spacial score (nSPS) is 20.6. The third-order valence-electron chi connectivity index (χ3n) is 2.56. The number of aliphatic hydroxyl groups is 1. The Morgan fingerprint density at radius 1 is 1.56 bits per heavy atom. The van der Waals surface area contributed by atoms with E-state index >= 15 is 0 Å². The molecule has 1 aliphatic heterocycles. The second-order valence-electron chi connectivity index (χ2n) is 3.72. The summed E-state index contributed by atoms with van der Waals surface area (Å²) in [7, 11) is 0. The topological polar surface area (TPSA) is 53.4 Å². The summed E-state index contributed by atoms with van der Waals surface area (Å²) in [5.41, 5.74) is 0.621. The van der Waals surface area contributed by atoms with E-state index in [-0.39, 0.29) is 23.6 Å². The van der Waals surface area contributed by atoms with Crippen molar-refractivity contribution in [2.75, 3.05) is 18.1 Å². The Labute approximate surface area is 103 Å². The highest BCUT2D eigenvalue weighted by atomic mass is 35.5. The van der Waals surface area contributed by atoms with Crippen LogP contribution in [0.4, 0.5) is 5.69 Å². The molecule has 2 heterocycles. The second kappa shape index (κ2) is 4.57. The number of carbonyl (C=O) groups excluding carboxylic acids is 1. The van der Waals surface area contributed by atoms with E-state index in [0.29, 0.717) is 23.7 Å². The molecule has 4 nitrogen and oxygen atoms in total. The molecule has 1 atom stereocenters. The minimum absolute atomic E-state index is 0.0109. The van der Waals surface area contributed by atoms with Crippen molar-refractivity contribution in [1.82, 2.24) is 4.98 Å². The second-order valence-corrected chi connectivity index (χ2v) is 4.49. The van der Waals surface area contributed by atoms with E-state index in [0.717, 1.165) is 0 Å². The molecule has 0 spiro atoms. The van der Waals surface area contributed by atoms with Crippen molar-refractivity contribution < 1.29 is 9.90 Å². The Kier molecular flexibility index (Phi) is 3.33. The lowest BCUT2D eigenvalue weighted by Gasteiger charge is -2.16. The van der Waals surface area contributed by atoms with Gasteiger partial charge in [0.25, 0.3) is 0 Å². The van der Waals surface area contributed by atoms with Crippen LogP contribution in [0, 0.1) is 5.92 Å². The molecule has 0 radical (unpaired) electrons. The minimum Gasteiger partial charge on any atom is -0.396 e. The van der Waals surface area contributed by atoms with Crippen LogP contribution in [0.1, 0.15) is 6.42 Å². The fourth-order valence-electron chi connectivity index (χ4n) is 1.71. The van der Waals surface area contributed by atoms with E-state index in [1.807, 2.05) is 0 Å². The maximum absolute atomic E-state index is 11.7. The molecule has 1 amide bonds. The Balaban J connectivity index is 2.24. The van der Waals surface area contributed by atoms with Crippen molar-refractivity contribution in [3.63, 3.8) is 0 Å². The van der Waals surface area contributed by atoms with Crippen LogP contribution in [0.15, 0.2) is 12.3 Å². The Morgan fingerprint density at radius 2 is 2.31 bits per heavy atom. The highest BCUT2D eigenvalue weighted by molar-refractivity contribution is 6.41. The molecule has 1 aliphatic rings. The first-order chi connectivity index (χ1) is 7.61. The summed E-state index contributed by atoms with van der Waals surface area (Å²) in [6.45, 7) is 0.506. The standard InChI is InChI=1S/C10H10Cl2N2O2/c11-8-2-7(3-13-10(8)12)14-4-6(5-15)1-9(14)16/h2-3,6,15H,1,4-5H2.